The van der Waals surface area contributed by atoms with Crippen LogP contribution < -0.4 is 20.2 Å². The van der Waals surface area contributed by atoms with Crippen LogP contribution in [-0.4, -0.2) is 24.9 Å². The van der Waals surface area contributed by atoms with Crippen LogP contribution in [0.3, 0.4) is 0 Å². The minimum absolute atomic E-state index is 0.0541. The standard InChI is InChI=1S/C38H44Br2N2O2/c1-5-9-11-25(7-3)23-41-33-21-32-34(22-31(33)35(37(41)43)27-13-17-29(39)18-14-27)42(24-26(8-4)12-10-6-2)38(44)36(32)28-15-19-30(40)20-16-28/h13-22,25-26H,5-12,23-24H2,1-4H3. The molecule has 2 heterocycles. The molecule has 0 saturated carbocycles. The summed E-state index contributed by atoms with van der Waals surface area (Å²) in [6.07, 6.45) is 8.85. The van der Waals surface area contributed by atoms with E-state index in [1.165, 1.54) is 0 Å². The maximum absolute atomic E-state index is 14.4. The number of hydrogen-bond donors (Lipinski definition) is 0. The topological polar surface area (TPSA) is 40.6 Å². The highest BCUT2D eigenvalue weighted by Gasteiger charge is 2.36. The van der Waals surface area contributed by atoms with E-state index in [1.807, 2.05) is 58.3 Å². The fourth-order valence-corrected chi connectivity index (χ4v) is 7.18. The van der Waals surface area contributed by atoms with Crippen molar-refractivity contribution in [3.8, 4) is 0 Å². The molecule has 6 heteroatoms. The highest BCUT2D eigenvalue weighted by molar-refractivity contribution is 9.10. The summed E-state index contributed by atoms with van der Waals surface area (Å²) in [6.45, 7) is 10.3. The number of carbonyl (C=O) groups excluding carboxylic acids is 2. The second-order valence-corrected chi connectivity index (χ2v) is 14.1. The summed E-state index contributed by atoms with van der Waals surface area (Å²) in [7, 11) is 0. The Bertz CT molecular complexity index is 1510. The van der Waals surface area contributed by atoms with Crippen molar-refractivity contribution >= 4 is 66.2 Å². The van der Waals surface area contributed by atoms with Gasteiger partial charge in [0.25, 0.3) is 11.8 Å². The molecule has 0 radical (unpaired) electrons. The highest BCUT2D eigenvalue weighted by Crippen LogP contribution is 2.33. The molecule has 2 aliphatic heterocycles. The van der Waals surface area contributed by atoms with E-state index in [0.29, 0.717) is 24.9 Å². The fraction of sp³-hybridized carbons (Fsp3) is 0.421. The first-order valence-electron chi connectivity index (χ1n) is 16.4. The molecule has 4 nitrogen and oxygen atoms in total. The molecule has 2 unspecified atom stereocenters. The lowest BCUT2D eigenvalue weighted by Crippen LogP contribution is -2.35. The molecular weight excluding hydrogens is 676 g/mol. The number of amides is 2. The van der Waals surface area contributed by atoms with Gasteiger partial charge in [-0.15, -0.1) is 0 Å². The predicted octanol–water partition coefficient (Wildman–Crippen LogP) is 8.74. The van der Waals surface area contributed by atoms with E-state index in [1.54, 1.807) is 0 Å². The largest absolute Gasteiger partial charge is 0.307 e. The van der Waals surface area contributed by atoms with Crippen LogP contribution in [0.5, 0.6) is 0 Å². The lowest BCUT2D eigenvalue weighted by atomic mass is 9.98. The summed E-state index contributed by atoms with van der Waals surface area (Å²) in [4.78, 5) is 32.7. The SMILES string of the molecule is CCCCC(CC)CN1C(=O)C(c2ccc(Br)cc2)=c2cc3c(cc21)=C(c1ccc(Br)cc1)C(=O)N3CC(CC)CCCC. The summed E-state index contributed by atoms with van der Waals surface area (Å²) < 4.78 is 1.96. The normalized spacial score (nSPS) is 15.7. The van der Waals surface area contributed by atoms with Crippen LogP contribution in [0.25, 0.3) is 11.1 Å². The van der Waals surface area contributed by atoms with Gasteiger partial charge in [-0.1, -0.05) is 122 Å². The van der Waals surface area contributed by atoms with E-state index in [0.717, 1.165) is 104 Å². The zero-order valence-corrected chi connectivity index (χ0v) is 29.6. The lowest BCUT2D eigenvalue weighted by molar-refractivity contribution is -0.114. The third-order valence-electron chi connectivity index (χ3n) is 9.39. The number of carbonyl (C=O) groups is 2. The molecule has 0 spiro atoms. The van der Waals surface area contributed by atoms with Gasteiger partial charge in [-0.25, -0.2) is 0 Å². The molecule has 44 heavy (non-hydrogen) atoms. The van der Waals surface area contributed by atoms with Crippen LogP contribution in [0.1, 0.15) is 90.2 Å². The fourth-order valence-electron chi connectivity index (χ4n) is 6.65. The van der Waals surface area contributed by atoms with Crippen molar-refractivity contribution in [1.82, 2.24) is 0 Å². The quantitative estimate of drug-likeness (QED) is 0.167. The molecule has 2 aliphatic rings. The zero-order chi connectivity index (χ0) is 31.4. The average molecular weight is 721 g/mol. The molecule has 3 aromatic carbocycles. The van der Waals surface area contributed by atoms with Crippen molar-refractivity contribution in [1.29, 1.82) is 0 Å². The maximum atomic E-state index is 14.4. The Morgan fingerprint density at radius 3 is 1.27 bits per heavy atom. The van der Waals surface area contributed by atoms with Gasteiger partial charge in [0.15, 0.2) is 0 Å². The molecule has 0 aromatic heterocycles. The molecule has 0 aliphatic carbocycles. The van der Waals surface area contributed by atoms with E-state index in [4.69, 9.17) is 0 Å². The third kappa shape index (κ3) is 6.62. The number of unbranched alkanes of at least 4 members (excludes halogenated alkanes) is 2. The Balaban J connectivity index is 1.73. The van der Waals surface area contributed by atoms with Gasteiger partial charge in [0.1, 0.15) is 0 Å². The Kier molecular flexibility index (Phi) is 10.8. The molecule has 3 aromatic rings. The van der Waals surface area contributed by atoms with E-state index in [2.05, 4.69) is 71.7 Å². The number of benzene rings is 3. The predicted molar refractivity (Wildman–Crippen MR) is 190 cm³/mol. The summed E-state index contributed by atoms with van der Waals surface area (Å²) in [5, 5.41) is 1.86. The summed E-state index contributed by atoms with van der Waals surface area (Å²) in [5.41, 5.74) is 5.11. The van der Waals surface area contributed by atoms with Crippen LogP contribution in [0.15, 0.2) is 69.6 Å². The summed E-state index contributed by atoms with van der Waals surface area (Å²) in [6, 6.07) is 20.4. The number of fused-ring (bicyclic) bond motifs is 2. The Morgan fingerprint density at radius 2 is 0.955 bits per heavy atom. The first-order valence-corrected chi connectivity index (χ1v) is 18.0. The van der Waals surface area contributed by atoms with Gasteiger partial charge in [-0.3, -0.25) is 9.59 Å². The van der Waals surface area contributed by atoms with Gasteiger partial charge in [0.2, 0.25) is 0 Å². The molecule has 0 bridgehead atoms. The van der Waals surface area contributed by atoms with Crippen LogP contribution in [0, 0.1) is 11.8 Å². The molecule has 5 rings (SSSR count). The number of rotatable bonds is 14. The number of nitrogens with zero attached hydrogens (tertiary/aromatic N) is 2. The summed E-state index contributed by atoms with van der Waals surface area (Å²) >= 11 is 7.12. The van der Waals surface area contributed by atoms with Gasteiger partial charge in [0.05, 0.1) is 22.5 Å². The molecule has 0 saturated heterocycles. The molecule has 2 amide bonds. The summed E-state index contributed by atoms with van der Waals surface area (Å²) in [5.74, 6) is 0.944. The van der Waals surface area contributed by atoms with Crippen molar-refractivity contribution in [2.24, 2.45) is 11.8 Å². The highest BCUT2D eigenvalue weighted by atomic mass is 79.9. The van der Waals surface area contributed by atoms with Gasteiger partial charge >= 0.3 is 0 Å². The minimum Gasteiger partial charge on any atom is -0.307 e. The van der Waals surface area contributed by atoms with Crippen molar-refractivity contribution in [3.63, 3.8) is 0 Å². The monoisotopic (exact) mass is 718 g/mol. The zero-order valence-electron chi connectivity index (χ0n) is 26.5. The Morgan fingerprint density at radius 1 is 0.591 bits per heavy atom. The average Bonchev–Trinajstić information content (AvgIpc) is 3.45. The van der Waals surface area contributed by atoms with Gasteiger partial charge < -0.3 is 9.80 Å². The number of halogens is 2. The van der Waals surface area contributed by atoms with E-state index in [9.17, 15) is 9.59 Å². The molecule has 0 fully saturated rings. The van der Waals surface area contributed by atoms with Crippen molar-refractivity contribution in [3.05, 3.63) is 91.2 Å². The number of anilines is 2. The second kappa shape index (κ2) is 14.6. The van der Waals surface area contributed by atoms with E-state index in [-0.39, 0.29) is 11.8 Å². The number of hydrogen-bond acceptors (Lipinski definition) is 2. The third-order valence-corrected chi connectivity index (χ3v) is 10.4. The maximum Gasteiger partial charge on any atom is 0.259 e. The van der Waals surface area contributed by atoms with Crippen LogP contribution in [-0.2, 0) is 9.59 Å². The van der Waals surface area contributed by atoms with Crippen LogP contribution >= 0.6 is 31.9 Å². The first kappa shape index (κ1) is 32.7. The van der Waals surface area contributed by atoms with Crippen molar-refractivity contribution in [2.45, 2.75) is 79.1 Å². The Hall–Kier alpha value is -2.70. The van der Waals surface area contributed by atoms with Crippen LogP contribution in [0.4, 0.5) is 11.4 Å². The Labute approximate surface area is 279 Å². The van der Waals surface area contributed by atoms with Gasteiger partial charge in [-0.2, -0.15) is 0 Å². The van der Waals surface area contributed by atoms with Crippen molar-refractivity contribution < 1.29 is 9.59 Å². The van der Waals surface area contributed by atoms with Crippen LogP contribution in [0.2, 0.25) is 0 Å². The minimum atomic E-state index is 0.0541. The first-order chi connectivity index (χ1) is 21.3. The molecule has 0 N–H and O–H groups in total. The van der Waals surface area contributed by atoms with Crippen molar-refractivity contribution in [2.75, 3.05) is 22.9 Å². The molecule has 232 valence electrons. The van der Waals surface area contributed by atoms with Gasteiger partial charge in [0, 0.05) is 32.5 Å². The van der Waals surface area contributed by atoms with E-state index < -0.39 is 0 Å². The van der Waals surface area contributed by atoms with Gasteiger partial charge in [-0.05, 0) is 72.2 Å². The smallest absolute Gasteiger partial charge is 0.259 e. The molecular formula is C38H44Br2N2O2. The molecule has 2 atom stereocenters. The van der Waals surface area contributed by atoms with E-state index >= 15 is 0 Å². The second-order valence-electron chi connectivity index (χ2n) is 12.3. The lowest BCUT2D eigenvalue weighted by Gasteiger charge is -2.26.